The van der Waals surface area contributed by atoms with Crippen molar-refractivity contribution < 1.29 is 4.74 Å². The molecule has 0 spiro atoms. The smallest absolute Gasteiger partial charge is 0.323 e. The third-order valence-corrected chi connectivity index (χ3v) is 2.90. The van der Waals surface area contributed by atoms with E-state index in [0.717, 1.165) is 32.6 Å². The van der Waals surface area contributed by atoms with E-state index in [-0.39, 0.29) is 5.95 Å². The fourth-order valence-corrected chi connectivity index (χ4v) is 1.94. The quantitative estimate of drug-likeness (QED) is 0.810. The van der Waals surface area contributed by atoms with Crippen LogP contribution in [0.5, 0.6) is 6.01 Å². The van der Waals surface area contributed by atoms with E-state index >= 15 is 0 Å². The Morgan fingerprint density at radius 3 is 2.78 bits per heavy atom. The van der Waals surface area contributed by atoms with Crippen molar-refractivity contribution in [3.05, 3.63) is 0 Å². The van der Waals surface area contributed by atoms with Crippen LogP contribution in [-0.2, 0) is 0 Å². The van der Waals surface area contributed by atoms with Gasteiger partial charge < -0.3 is 20.3 Å². The summed E-state index contributed by atoms with van der Waals surface area (Å²) in [5, 5.41) is 0. The number of rotatable bonds is 3. The van der Waals surface area contributed by atoms with Crippen LogP contribution in [0.25, 0.3) is 0 Å². The molecular formula is C11H20N6O. The largest absolute Gasteiger partial charge is 0.464 e. The number of likely N-dealkylation sites (N-methyl/N-ethyl adjacent to an activating group) is 1. The third-order valence-electron chi connectivity index (χ3n) is 2.90. The van der Waals surface area contributed by atoms with Crippen molar-refractivity contribution in [1.82, 2.24) is 19.9 Å². The molecule has 0 saturated carbocycles. The highest BCUT2D eigenvalue weighted by molar-refractivity contribution is 5.36. The van der Waals surface area contributed by atoms with Crippen LogP contribution >= 0.6 is 0 Å². The molecule has 0 amide bonds. The first-order chi connectivity index (χ1) is 8.69. The number of anilines is 2. The zero-order chi connectivity index (χ0) is 13.0. The molecule has 0 unspecified atom stereocenters. The zero-order valence-electron chi connectivity index (χ0n) is 11.0. The summed E-state index contributed by atoms with van der Waals surface area (Å²) in [6, 6.07) is 0.303. The molecule has 2 heterocycles. The molecular weight excluding hydrogens is 232 g/mol. The predicted octanol–water partition coefficient (Wildman–Crippen LogP) is -0.00560. The van der Waals surface area contributed by atoms with Crippen LogP contribution < -0.4 is 15.4 Å². The minimum atomic E-state index is 0.209. The van der Waals surface area contributed by atoms with Gasteiger partial charge in [0.25, 0.3) is 0 Å². The molecule has 0 aromatic carbocycles. The molecule has 1 aliphatic rings. The number of hydrogen-bond acceptors (Lipinski definition) is 7. The van der Waals surface area contributed by atoms with E-state index in [4.69, 9.17) is 10.5 Å². The van der Waals surface area contributed by atoms with Gasteiger partial charge >= 0.3 is 6.01 Å². The summed E-state index contributed by atoms with van der Waals surface area (Å²) in [6.07, 6.45) is 1.09. The van der Waals surface area contributed by atoms with Crippen molar-refractivity contribution in [3.63, 3.8) is 0 Å². The van der Waals surface area contributed by atoms with Gasteiger partial charge in [0.1, 0.15) is 0 Å². The number of hydrogen-bond donors (Lipinski definition) is 1. The van der Waals surface area contributed by atoms with E-state index in [1.807, 2.05) is 6.92 Å². The number of aromatic nitrogens is 3. The molecule has 0 atom stereocenters. The summed E-state index contributed by atoms with van der Waals surface area (Å²) in [4.78, 5) is 16.9. The van der Waals surface area contributed by atoms with Crippen molar-refractivity contribution in [2.75, 3.05) is 50.5 Å². The van der Waals surface area contributed by atoms with Crippen LogP contribution in [0.15, 0.2) is 0 Å². The fraction of sp³-hybridized carbons (Fsp3) is 0.727. The number of nitrogens with zero attached hydrogens (tertiary/aromatic N) is 5. The number of nitrogens with two attached hydrogens (primary N) is 1. The Hall–Kier alpha value is -1.63. The van der Waals surface area contributed by atoms with E-state index in [1.54, 1.807) is 0 Å². The van der Waals surface area contributed by atoms with Crippen molar-refractivity contribution in [2.45, 2.75) is 13.3 Å². The molecule has 0 aliphatic carbocycles. The zero-order valence-corrected chi connectivity index (χ0v) is 11.0. The average molecular weight is 252 g/mol. The Kier molecular flexibility index (Phi) is 4.14. The molecule has 100 valence electrons. The molecule has 1 fully saturated rings. The Labute approximate surface area is 107 Å². The first-order valence-corrected chi connectivity index (χ1v) is 6.27. The lowest BCUT2D eigenvalue weighted by Gasteiger charge is -2.20. The summed E-state index contributed by atoms with van der Waals surface area (Å²) in [5.41, 5.74) is 5.68. The molecule has 2 N–H and O–H groups in total. The minimum Gasteiger partial charge on any atom is -0.464 e. The summed E-state index contributed by atoms with van der Waals surface area (Å²) in [5.74, 6) is 0.822. The Morgan fingerprint density at radius 1 is 1.17 bits per heavy atom. The Bertz CT molecular complexity index is 399. The van der Waals surface area contributed by atoms with Crippen molar-refractivity contribution in [1.29, 1.82) is 0 Å². The van der Waals surface area contributed by atoms with Crippen molar-refractivity contribution >= 4 is 11.9 Å². The van der Waals surface area contributed by atoms with Gasteiger partial charge in [-0.05, 0) is 26.9 Å². The topological polar surface area (TPSA) is 80.4 Å². The molecule has 2 rings (SSSR count). The van der Waals surface area contributed by atoms with Crippen LogP contribution in [0.4, 0.5) is 11.9 Å². The Balaban J connectivity index is 2.15. The van der Waals surface area contributed by atoms with E-state index in [2.05, 4.69) is 31.8 Å². The van der Waals surface area contributed by atoms with Crippen molar-refractivity contribution in [3.8, 4) is 6.01 Å². The normalized spacial score (nSPS) is 17.6. The maximum Gasteiger partial charge on any atom is 0.323 e. The molecule has 0 radical (unpaired) electrons. The summed E-state index contributed by atoms with van der Waals surface area (Å²) < 4.78 is 5.29. The minimum absolute atomic E-state index is 0.209. The lowest BCUT2D eigenvalue weighted by molar-refractivity contribution is 0.312. The average Bonchev–Trinajstić information content (AvgIpc) is 2.54. The summed E-state index contributed by atoms with van der Waals surface area (Å²) in [7, 11) is 2.12. The lowest BCUT2D eigenvalue weighted by atomic mass is 10.4. The van der Waals surface area contributed by atoms with Gasteiger partial charge in [0.15, 0.2) is 0 Å². The maximum atomic E-state index is 5.68. The van der Waals surface area contributed by atoms with Gasteiger partial charge in [-0.15, -0.1) is 0 Å². The van der Waals surface area contributed by atoms with Crippen LogP contribution in [-0.4, -0.2) is 59.7 Å². The van der Waals surface area contributed by atoms with E-state index in [9.17, 15) is 0 Å². The predicted molar refractivity (Wildman–Crippen MR) is 69.7 cm³/mol. The third kappa shape index (κ3) is 3.19. The lowest BCUT2D eigenvalue weighted by Crippen LogP contribution is -2.30. The Morgan fingerprint density at radius 2 is 2.00 bits per heavy atom. The van der Waals surface area contributed by atoms with E-state index in [0.29, 0.717) is 18.6 Å². The number of ether oxygens (including phenoxy) is 1. The van der Waals surface area contributed by atoms with E-state index in [1.165, 1.54) is 0 Å². The van der Waals surface area contributed by atoms with Gasteiger partial charge in [0.05, 0.1) is 6.61 Å². The molecule has 1 aromatic rings. The summed E-state index contributed by atoms with van der Waals surface area (Å²) >= 11 is 0. The first-order valence-electron chi connectivity index (χ1n) is 6.27. The van der Waals surface area contributed by atoms with Crippen molar-refractivity contribution in [2.24, 2.45) is 0 Å². The molecule has 18 heavy (non-hydrogen) atoms. The van der Waals surface area contributed by atoms with Gasteiger partial charge in [-0.25, -0.2) is 0 Å². The van der Waals surface area contributed by atoms with Crippen LogP contribution in [0.1, 0.15) is 13.3 Å². The van der Waals surface area contributed by atoms with Gasteiger partial charge in [-0.1, -0.05) is 0 Å². The maximum absolute atomic E-state index is 5.68. The second-order valence-electron chi connectivity index (χ2n) is 4.35. The molecule has 0 bridgehead atoms. The standard InChI is InChI=1S/C11H20N6O/c1-3-18-11-14-9(12)13-10(15-11)17-6-4-5-16(2)7-8-17/h3-8H2,1-2H3,(H2,12,13,14,15). The molecule has 7 nitrogen and oxygen atoms in total. The summed E-state index contributed by atoms with van der Waals surface area (Å²) in [6.45, 7) is 6.32. The van der Waals surface area contributed by atoms with Crippen LogP contribution in [0, 0.1) is 0 Å². The molecule has 1 aromatic heterocycles. The molecule has 7 heteroatoms. The fourth-order valence-electron chi connectivity index (χ4n) is 1.94. The second kappa shape index (κ2) is 5.81. The molecule has 1 aliphatic heterocycles. The van der Waals surface area contributed by atoms with Crippen LogP contribution in [0.2, 0.25) is 0 Å². The van der Waals surface area contributed by atoms with E-state index < -0.39 is 0 Å². The monoisotopic (exact) mass is 252 g/mol. The number of nitrogen functional groups attached to an aromatic ring is 1. The first kappa shape index (κ1) is 12.8. The highest BCUT2D eigenvalue weighted by Gasteiger charge is 2.16. The van der Waals surface area contributed by atoms with Gasteiger partial charge in [-0.2, -0.15) is 15.0 Å². The SMILES string of the molecule is CCOc1nc(N)nc(N2CCCN(C)CC2)n1. The highest BCUT2D eigenvalue weighted by atomic mass is 16.5. The molecule has 1 saturated heterocycles. The van der Waals surface area contributed by atoms with Gasteiger partial charge in [0, 0.05) is 19.6 Å². The van der Waals surface area contributed by atoms with Gasteiger partial charge in [-0.3, -0.25) is 0 Å². The second-order valence-corrected chi connectivity index (χ2v) is 4.35. The van der Waals surface area contributed by atoms with Gasteiger partial charge in [0.2, 0.25) is 11.9 Å². The highest BCUT2D eigenvalue weighted by Crippen LogP contribution is 2.15. The van der Waals surface area contributed by atoms with Crippen LogP contribution in [0.3, 0.4) is 0 Å².